The predicted molar refractivity (Wildman–Crippen MR) is 84.8 cm³/mol. The second kappa shape index (κ2) is 6.64. The van der Waals surface area contributed by atoms with E-state index < -0.39 is 10.0 Å². The van der Waals surface area contributed by atoms with Crippen LogP contribution in [0.25, 0.3) is 0 Å². The van der Waals surface area contributed by atoms with Crippen molar-refractivity contribution < 1.29 is 8.42 Å². The fourth-order valence-electron chi connectivity index (χ4n) is 2.18. The number of sulfonamides is 1. The lowest BCUT2D eigenvalue weighted by Crippen LogP contribution is -2.26. The molecule has 6 heteroatoms. The molecule has 0 N–H and O–H groups in total. The van der Waals surface area contributed by atoms with E-state index in [-0.39, 0.29) is 0 Å². The molecule has 0 saturated heterocycles. The van der Waals surface area contributed by atoms with Crippen LogP contribution in [0.4, 0.5) is 0 Å². The van der Waals surface area contributed by atoms with E-state index in [1.807, 2.05) is 41.8 Å². The molecule has 0 radical (unpaired) electrons. The zero-order valence-corrected chi connectivity index (χ0v) is 13.7. The molecule has 0 unspecified atom stereocenters. The monoisotopic (exact) mass is 326 g/mol. The van der Waals surface area contributed by atoms with Crippen molar-refractivity contribution in [1.29, 1.82) is 0 Å². The maximum atomic E-state index is 12.6. The van der Waals surface area contributed by atoms with Gasteiger partial charge in [-0.05, 0) is 18.6 Å². The molecule has 114 valence electrons. The maximum Gasteiger partial charge on any atom is 0.244 e. The Kier molecular flexibility index (Phi) is 5.08. The van der Waals surface area contributed by atoms with Crippen LogP contribution in [-0.2, 0) is 29.0 Å². The fourth-order valence-corrected chi connectivity index (χ4v) is 3.63. The Morgan fingerprint density at radius 1 is 1.24 bits per heavy atom. The molecule has 2 rings (SSSR count). The van der Waals surface area contributed by atoms with E-state index in [1.54, 1.807) is 19.3 Å². The largest absolute Gasteiger partial charge is 0.349 e. The van der Waals surface area contributed by atoms with Crippen LogP contribution in [0.5, 0.6) is 0 Å². The van der Waals surface area contributed by atoms with Gasteiger partial charge in [-0.1, -0.05) is 30.3 Å². The van der Waals surface area contributed by atoms with Gasteiger partial charge in [-0.15, -0.1) is 11.6 Å². The number of nitrogens with zero attached hydrogens (tertiary/aromatic N) is 2. The molecular weight excluding hydrogens is 308 g/mol. The summed E-state index contributed by atoms with van der Waals surface area (Å²) in [4.78, 5) is 0.290. The van der Waals surface area contributed by atoms with Crippen molar-refractivity contribution >= 4 is 21.6 Å². The summed E-state index contributed by atoms with van der Waals surface area (Å²) < 4.78 is 28.4. The van der Waals surface area contributed by atoms with Gasteiger partial charge in [-0.2, -0.15) is 4.31 Å². The zero-order valence-electron chi connectivity index (χ0n) is 12.2. The number of alkyl halides is 1. The van der Waals surface area contributed by atoms with Crippen molar-refractivity contribution in [3.05, 3.63) is 53.9 Å². The van der Waals surface area contributed by atoms with Crippen molar-refractivity contribution in [3.63, 3.8) is 0 Å². The molecule has 0 aliphatic rings. The fraction of sp³-hybridized carbons (Fsp3) is 0.333. The molecule has 0 spiro atoms. The minimum atomic E-state index is -3.51. The number of aryl methyl sites for hydroxylation is 1. The van der Waals surface area contributed by atoms with Gasteiger partial charge in [0.15, 0.2) is 0 Å². The van der Waals surface area contributed by atoms with Crippen LogP contribution in [0.3, 0.4) is 0 Å². The second-order valence-corrected chi connectivity index (χ2v) is 7.15. The number of rotatable bonds is 6. The van der Waals surface area contributed by atoms with Gasteiger partial charge >= 0.3 is 0 Å². The minimum absolute atomic E-state index is 0.290. The average Bonchev–Trinajstić information content (AvgIpc) is 2.92. The number of benzene rings is 1. The van der Waals surface area contributed by atoms with Gasteiger partial charge in [-0.25, -0.2) is 8.42 Å². The van der Waals surface area contributed by atoms with Gasteiger partial charge < -0.3 is 4.57 Å². The van der Waals surface area contributed by atoms with Crippen LogP contribution in [-0.4, -0.2) is 24.3 Å². The Bertz CT molecular complexity index is 674. The Morgan fingerprint density at radius 2 is 1.90 bits per heavy atom. The average molecular weight is 327 g/mol. The molecule has 2 aromatic rings. The van der Waals surface area contributed by atoms with Crippen molar-refractivity contribution in [2.24, 2.45) is 0 Å². The highest BCUT2D eigenvalue weighted by atomic mass is 35.5. The summed E-state index contributed by atoms with van der Waals surface area (Å²) in [5, 5.41) is 0. The summed E-state index contributed by atoms with van der Waals surface area (Å²) >= 11 is 5.85. The summed E-state index contributed by atoms with van der Waals surface area (Å²) in [6.07, 6.45) is 1.65. The normalized spacial score (nSPS) is 12.0. The Hall–Kier alpha value is -1.30. The summed E-state index contributed by atoms with van der Waals surface area (Å²) in [6.45, 7) is 3.00. The van der Waals surface area contributed by atoms with Gasteiger partial charge in [-0.3, -0.25) is 0 Å². The molecule has 0 aliphatic carbocycles. The van der Waals surface area contributed by atoms with E-state index in [9.17, 15) is 8.42 Å². The smallest absolute Gasteiger partial charge is 0.244 e. The van der Waals surface area contributed by atoms with Crippen LogP contribution in [0.2, 0.25) is 0 Å². The molecule has 0 aliphatic heterocycles. The predicted octanol–water partition coefficient (Wildman–Crippen LogP) is 3.07. The highest BCUT2D eigenvalue weighted by Gasteiger charge is 2.23. The van der Waals surface area contributed by atoms with Crippen LogP contribution in [0.1, 0.15) is 18.2 Å². The molecule has 1 heterocycles. The summed E-state index contributed by atoms with van der Waals surface area (Å²) in [5.41, 5.74) is 1.77. The van der Waals surface area contributed by atoms with Gasteiger partial charge in [0, 0.05) is 32.0 Å². The lowest BCUT2D eigenvalue weighted by Gasteiger charge is -2.16. The highest BCUT2D eigenvalue weighted by Crippen LogP contribution is 2.21. The van der Waals surface area contributed by atoms with Crippen LogP contribution < -0.4 is 0 Å². The summed E-state index contributed by atoms with van der Waals surface area (Å²) in [5.74, 6) is 0.297. The Balaban J connectivity index is 2.26. The first kappa shape index (κ1) is 16.1. The second-order valence-electron chi connectivity index (χ2n) is 4.83. The Labute approximate surface area is 131 Å². The first-order valence-electron chi connectivity index (χ1n) is 6.74. The van der Waals surface area contributed by atoms with E-state index in [0.29, 0.717) is 23.9 Å². The molecular formula is C15H19ClN2O2S. The van der Waals surface area contributed by atoms with E-state index in [2.05, 4.69) is 0 Å². The van der Waals surface area contributed by atoms with Crippen LogP contribution in [0, 0.1) is 0 Å². The molecule has 21 heavy (non-hydrogen) atoms. The van der Waals surface area contributed by atoms with Crippen molar-refractivity contribution in [1.82, 2.24) is 8.87 Å². The van der Waals surface area contributed by atoms with Gasteiger partial charge in [0.05, 0.1) is 5.88 Å². The van der Waals surface area contributed by atoms with E-state index in [4.69, 9.17) is 11.6 Å². The van der Waals surface area contributed by atoms with Crippen LogP contribution >= 0.6 is 11.6 Å². The third-order valence-electron chi connectivity index (χ3n) is 3.39. The number of halogens is 1. The van der Waals surface area contributed by atoms with E-state index >= 15 is 0 Å². The van der Waals surface area contributed by atoms with Gasteiger partial charge in [0.2, 0.25) is 10.0 Å². The molecule has 0 fully saturated rings. The third kappa shape index (κ3) is 3.48. The molecule has 0 saturated carbocycles. The SMILES string of the molecule is CCn1cc(S(=O)(=O)N(C)Cc2ccccc2)cc1CCl. The Morgan fingerprint density at radius 3 is 2.43 bits per heavy atom. The molecule has 4 nitrogen and oxygen atoms in total. The lowest BCUT2D eigenvalue weighted by atomic mass is 10.2. The lowest BCUT2D eigenvalue weighted by molar-refractivity contribution is 0.466. The van der Waals surface area contributed by atoms with Gasteiger partial charge in [0.1, 0.15) is 4.90 Å². The minimum Gasteiger partial charge on any atom is -0.349 e. The van der Waals surface area contributed by atoms with Crippen LogP contribution in [0.15, 0.2) is 47.5 Å². The standard InChI is InChI=1S/C15H19ClN2O2S/c1-3-18-12-15(9-14(18)10-16)21(19,20)17(2)11-13-7-5-4-6-8-13/h4-9,12H,3,10-11H2,1-2H3. The molecule has 1 aromatic heterocycles. The first-order valence-corrected chi connectivity index (χ1v) is 8.71. The topological polar surface area (TPSA) is 42.3 Å². The van der Waals surface area contributed by atoms with E-state index in [1.165, 1.54) is 4.31 Å². The highest BCUT2D eigenvalue weighted by molar-refractivity contribution is 7.89. The maximum absolute atomic E-state index is 12.6. The van der Waals surface area contributed by atoms with Crippen molar-refractivity contribution in [2.75, 3.05) is 7.05 Å². The number of hydrogen-bond donors (Lipinski definition) is 0. The van der Waals surface area contributed by atoms with E-state index in [0.717, 1.165) is 11.3 Å². The quantitative estimate of drug-likeness (QED) is 0.766. The zero-order chi connectivity index (χ0) is 15.5. The van der Waals surface area contributed by atoms with Gasteiger partial charge in [0.25, 0.3) is 0 Å². The molecule has 0 amide bonds. The van der Waals surface area contributed by atoms with Crippen molar-refractivity contribution in [2.45, 2.75) is 30.8 Å². The number of hydrogen-bond acceptors (Lipinski definition) is 2. The molecule has 1 aromatic carbocycles. The molecule has 0 atom stereocenters. The summed E-state index contributed by atoms with van der Waals surface area (Å²) in [7, 11) is -1.92. The summed E-state index contributed by atoms with van der Waals surface area (Å²) in [6, 6.07) is 11.2. The number of aromatic nitrogens is 1. The van der Waals surface area contributed by atoms with Crippen molar-refractivity contribution in [3.8, 4) is 0 Å². The third-order valence-corrected chi connectivity index (χ3v) is 5.44. The first-order chi connectivity index (χ1) is 9.98. The molecule has 0 bridgehead atoms.